The molecule has 1 aliphatic rings. The quantitative estimate of drug-likeness (QED) is 0.167. The molecule has 0 aliphatic heterocycles. The van der Waals surface area contributed by atoms with Crippen LogP contribution in [-0.4, -0.2) is 0 Å². The second kappa shape index (κ2) is 14.7. The van der Waals surface area contributed by atoms with E-state index in [1.165, 1.54) is 54.9 Å². The molecule has 0 saturated heterocycles. The predicted molar refractivity (Wildman–Crippen MR) is 285 cm³/mol. The maximum Gasteiger partial charge on any atom is 0.143 e. The largest absolute Gasteiger partial charge is 0.455 e. The minimum Gasteiger partial charge on any atom is -0.455 e. The SMILES string of the molecule is CC1(C)c2ccccc2-c2ccc(-c3ccc(N(c4ccc(-c5cccc6c5oc5ccc7ccccc7c56)cc4)c4ccc(-c5cccc6c5oc5ccc7ccccc7c56)cc4)cc3)cc21. The molecule has 0 atom stereocenters. The first-order valence-electron chi connectivity index (χ1n) is 23.5. The summed E-state index contributed by atoms with van der Waals surface area (Å²) in [6, 6.07) is 81.2. The van der Waals surface area contributed by atoms with E-state index in [0.717, 1.165) is 83.2 Å². The summed E-state index contributed by atoms with van der Waals surface area (Å²) in [5, 5.41) is 9.41. The summed E-state index contributed by atoms with van der Waals surface area (Å²) < 4.78 is 13.3. The van der Waals surface area contributed by atoms with E-state index < -0.39 is 0 Å². The van der Waals surface area contributed by atoms with Gasteiger partial charge in [-0.15, -0.1) is 0 Å². The maximum atomic E-state index is 6.66. The Labute approximate surface area is 393 Å². The first kappa shape index (κ1) is 38.6. The van der Waals surface area contributed by atoms with Crippen LogP contribution in [-0.2, 0) is 5.41 Å². The molecule has 14 rings (SSSR count). The minimum atomic E-state index is -0.0639. The van der Waals surface area contributed by atoms with Gasteiger partial charge in [-0.2, -0.15) is 0 Å². The minimum absolute atomic E-state index is 0.0639. The van der Waals surface area contributed by atoms with Gasteiger partial charge in [0.1, 0.15) is 22.3 Å². The lowest BCUT2D eigenvalue weighted by Crippen LogP contribution is -2.14. The molecule has 0 fully saturated rings. The molecule has 320 valence electrons. The van der Waals surface area contributed by atoms with Crippen LogP contribution in [0.2, 0.25) is 0 Å². The zero-order valence-electron chi connectivity index (χ0n) is 37.6. The Bertz CT molecular complexity index is 3950. The van der Waals surface area contributed by atoms with Gasteiger partial charge in [0.15, 0.2) is 0 Å². The third kappa shape index (κ3) is 5.79. The molecule has 2 aromatic heterocycles. The number of nitrogens with zero attached hydrogens (tertiary/aromatic N) is 1. The molecule has 0 amide bonds. The van der Waals surface area contributed by atoms with Gasteiger partial charge < -0.3 is 13.7 Å². The van der Waals surface area contributed by atoms with Crippen molar-refractivity contribution in [3.05, 3.63) is 236 Å². The van der Waals surface area contributed by atoms with Crippen molar-refractivity contribution >= 4 is 82.5 Å². The number of fused-ring (bicyclic) bond motifs is 13. The van der Waals surface area contributed by atoms with Crippen LogP contribution in [0.1, 0.15) is 25.0 Å². The zero-order valence-corrected chi connectivity index (χ0v) is 37.6. The number of hydrogen-bond acceptors (Lipinski definition) is 3. The predicted octanol–water partition coefficient (Wildman–Crippen LogP) is 18.6. The van der Waals surface area contributed by atoms with Gasteiger partial charge >= 0.3 is 0 Å². The van der Waals surface area contributed by atoms with Crippen LogP contribution in [0.3, 0.4) is 0 Å². The van der Waals surface area contributed by atoms with Crippen molar-refractivity contribution in [3.8, 4) is 44.5 Å². The Hall–Kier alpha value is -8.66. The van der Waals surface area contributed by atoms with E-state index >= 15 is 0 Å². The number of furan rings is 2. The van der Waals surface area contributed by atoms with Crippen molar-refractivity contribution in [2.75, 3.05) is 4.90 Å². The number of anilines is 3. The topological polar surface area (TPSA) is 29.5 Å². The molecular weight excluding hydrogens is 827 g/mol. The fourth-order valence-corrected chi connectivity index (χ4v) is 11.3. The van der Waals surface area contributed by atoms with Crippen molar-refractivity contribution in [1.82, 2.24) is 0 Å². The number of benzene rings is 11. The van der Waals surface area contributed by atoms with Crippen molar-refractivity contribution in [3.63, 3.8) is 0 Å². The average molecular weight is 870 g/mol. The van der Waals surface area contributed by atoms with E-state index in [1.54, 1.807) is 0 Å². The molecule has 0 unspecified atom stereocenters. The number of rotatable bonds is 6. The van der Waals surface area contributed by atoms with Gasteiger partial charge in [-0.3, -0.25) is 0 Å². The van der Waals surface area contributed by atoms with Crippen molar-refractivity contribution < 1.29 is 8.83 Å². The summed E-state index contributed by atoms with van der Waals surface area (Å²) in [6.07, 6.45) is 0. The Morgan fingerprint density at radius 2 is 0.750 bits per heavy atom. The van der Waals surface area contributed by atoms with Gasteiger partial charge in [0.05, 0.1) is 0 Å². The Morgan fingerprint density at radius 3 is 1.29 bits per heavy atom. The zero-order chi connectivity index (χ0) is 45.1. The third-order valence-corrected chi connectivity index (χ3v) is 14.7. The van der Waals surface area contributed by atoms with E-state index in [0.29, 0.717) is 0 Å². The van der Waals surface area contributed by atoms with Gasteiger partial charge in [0.25, 0.3) is 0 Å². The van der Waals surface area contributed by atoms with Crippen LogP contribution < -0.4 is 4.90 Å². The fourth-order valence-electron chi connectivity index (χ4n) is 11.3. The lowest BCUT2D eigenvalue weighted by Gasteiger charge is -2.26. The van der Waals surface area contributed by atoms with Crippen LogP contribution in [0.5, 0.6) is 0 Å². The second-order valence-electron chi connectivity index (χ2n) is 18.8. The smallest absolute Gasteiger partial charge is 0.143 e. The lowest BCUT2D eigenvalue weighted by molar-refractivity contribution is 0.660. The van der Waals surface area contributed by atoms with Gasteiger partial charge in [-0.05, 0) is 121 Å². The first-order chi connectivity index (χ1) is 33.5. The Morgan fingerprint density at radius 1 is 0.324 bits per heavy atom. The standard InChI is InChI=1S/C65H43NO2/c1-65(2)57-20-8-7-15-53(57)54-36-27-45(39-58(54)65)40-21-30-46(31-22-40)66(47-32-23-43(24-33-47)51-16-9-18-55-61-49-13-5-3-11-41(49)28-37-59(61)67-63(51)55)48-34-25-44(26-35-48)52-17-10-19-56-62-50-14-6-4-12-42(50)29-38-60(62)68-64(52)56/h3-39H,1-2H3. The number of hydrogen-bond donors (Lipinski definition) is 0. The highest BCUT2D eigenvalue weighted by Crippen LogP contribution is 2.50. The van der Waals surface area contributed by atoms with Crippen molar-refractivity contribution in [2.45, 2.75) is 19.3 Å². The molecule has 11 aromatic carbocycles. The summed E-state index contributed by atoms with van der Waals surface area (Å²) in [7, 11) is 0. The molecule has 3 heteroatoms. The van der Waals surface area contributed by atoms with E-state index in [1.807, 2.05) is 0 Å². The van der Waals surface area contributed by atoms with Gasteiger partial charge in [-0.25, -0.2) is 0 Å². The highest BCUT2D eigenvalue weighted by atomic mass is 16.3. The van der Waals surface area contributed by atoms with Crippen molar-refractivity contribution in [2.24, 2.45) is 0 Å². The van der Waals surface area contributed by atoms with Gasteiger partial charge in [-0.1, -0.05) is 184 Å². The lowest BCUT2D eigenvalue weighted by atomic mass is 9.81. The Balaban J connectivity index is 0.862. The normalized spacial score (nSPS) is 13.0. The van der Waals surface area contributed by atoms with Crippen LogP contribution in [0.4, 0.5) is 17.1 Å². The van der Waals surface area contributed by atoms with Crippen LogP contribution in [0.25, 0.3) is 110 Å². The highest BCUT2D eigenvalue weighted by molar-refractivity contribution is 6.22. The number of para-hydroxylation sites is 2. The molecule has 0 saturated carbocycles. The highest BCUT2D eigenvalue weighted by Gasteiger charge is 2.35. The van der Waals surface area contributed by atoms with E-state index in [-0.39, 0.29) is 5.41 Å². The first-order valence-corrected chi connectivity index (χ1v) is 23.5. The maximum absolute atomic E-state index is 6.66. The monoisotopic (exact) mass is 869 g/mol. The summed E-state index contributed by atoms with van der Waals surface area (Å²) >= 11 is 0. The molecule has 1 aliphatic carbocycles. The molecule has 3 nitrogen and oxygen atoms in total. The second-order valence-corrected chi connectivity index (χ2v) is 18.8. The average Bonchev–Trinajstić information content (AvgIpc) is 4.05. The summed E-state index contributed by atoms with van der Waals surface area (Å²) in [4.78, 5) is 2.35. The van der Waals surface area contributed by atoms with Crippen LogP contribution in [0, 0.1) is 0 Å². The molecule has 68 heavy (non-hydrogen) atoms. The van der Waals surface area contributed by atoms with Gasteiger partial charge in [0.2, 0.25) is 0 Å². The third-order valence-electron chi connectivity index (χ3n) is 14.7. The molecule has 13 aromatic rings. The molecular formula is C65H43NO2. The van der Waals surface area contributed by atoms with Gasteiger partial charge in [0, 0.05) is 55.1 Å². The molecule has 0 spiro atoms. The molecule has 0 bridgehead atoms. The Kier molecular flexibility index (Phi) is 8.33. The van der Waals surface area contributed by atoms with E-state index in [4.69, 9.17) is 8.83 Å². The molecule has 2 heterocycles. The van der Waals surface area contributed by atoms with Crippen LogP contribution in [0.15, 0.2) is 233 Å². The van der Waals surface area contributed by atoms with E-state index in [9.17, 15) is 0 Å². The fraction of sp³-hybridized carbons (Fsp3) is 0.0462. The molecule has 0 N–H and O–H groups in total. The summed E-state index contributed by atoms with van der Waals surface area (Å²) in [5.41, 5.74) is 18.9. The van der Waals surface area contributed by atoms with Crippen LogP contribution >= 0.6 is 0 Å². The summed E-state index contributed by atoms with van der Waals surface area (Å²) in [6.45, 7) is 4.69. The van der Waals surface area contributed by atoms with Crippen molar-refractivity contribution in [1.29, 1.82) is 0 Å². The van der Waals surface area contributed by atoms with E-state index in [2.05, 4.69) is 243 Å². The molecule has 0 radical (unpaired) electrons. The summed E-state index contributed by atoms with van der Waals surface area (Å²) in [5.74, 6) is 0.